The predicted octanol–water partition coefficient (Wildman–Crippen LogP) is 4.45. The van der Waals surface area contributed by atoms with Crippen molar-refractivity contribution in [1.29, 1.82) is 0 Å². The van der Waals surface area contributed by atoms with Gasteiger partial charge in [0.15, 0.2) is 37.2 Å². The molecule has 0 bridgehead atoms. The summed E-state index contributed by atoms with van der Waals surface area (Å²) in [4.78, 5) is 173. The molecule has 0 aromatic rings. The van der Waals surface area contributed by atoms with Crippen LogP contribution in [0.25, 0.3) is 0 Å². The molecule has 36 heteroatoms. The van der Waals surface area contributed by atoms with Crippen molar-refractivity contribution in [2.24, 2.45) is 35.5 Å². The summed E-state index contributed by atoms with van der Waals surface area (Å²) in [6, 6.07) is 0. The number of ether oxygens (including phenoxy) is 15. The average Bonchev–Trinajstić information content (AvgIpc) is 0.817. The number of nitrogens with one attached hydrogen (secondary N) is 6. The number of hydrogen-bond acceptors (Lipinski definition) is 29. The summed E-state index contributed by atoms with van der Waals surface area (Å²) in [5.41, 5.74) is -1.49. The van der Waals surface area contributed by atoms with E-state index in [2.05, 4.69) is 31.9 Å². The third kappa shape index (κ3) is 44.0. The van der Waals surface area contributed by atoms with Crippen molar-refractivity contribution in [3.63, 3.8) is 0 Å². The highest BCUT2D eigenvalue weighted by atomic mass is 16.7. The second-order valence-corrected chi connectivity index (χ2v) is 29.8. The molecule has 7 N–H and O–H groups in total. The van der Waals surface area contributed by atoms with Crippen molar-refractivity contribution in [3.05, 3.63) is 0 Å². The van der Waals surface area contributed by atoms with E-state index >= 15 is 0 Å². The van der Waals surface area contributed by atoms with Crippen molar-refractivity contribution in [2.45, 2.75) is 273 Å². The van der Waals surface area contributed by atoms with Crippen LogP contribution in [0, 0.1) is 35.5 Å². The molecule has 3 fully saturated rings. The maximum Gasteiger partial charge on any atom is 0.303 e. The molecule has 0 aromatic carbocycles. The van der Waals surface area contributed by atoms with Crippen LogP contribution in [0.15, 0.2) is 0 Å². The summed E-state index contributed by atoms with van der Waals surface area (Å²) in [6.45, 7) is 19.9. The van der Waals surface area contributed by atoms with E-state index in [0.29, 0.717) is 77.0 Å². The number of carbonyl (C=O) groups excluding carboxylic acids is 13. The van der Waals surface area contributed by atoms with E-state index in [0.717, 1.165) is 0 Å². The lowest BCUT2D eigenvalue weighted by Gasteiger charge is -2.43. The molecule has 3 aliphatic rings. The van der Waals surface area contributed by atoms with Gasteiger partial charge in [0.25, 0.3) is 0 Å². The van der Waals surface area contributed by atoms with Crippen molar-refractivity contribution < 1.29 is 143 Å². The Morgan fingerprint density at radius 3 is 0.904 bits per heavy atom. The number of carboxylic acid groups (broad SMARTS) is 1. The zero-order valence-electron chi connectivity index (χ0n) is 69.6. The fourth-order valence-corrected chi connectivity index (χ4v) is 12.8. The maximum atomic E-state index is 13.6. The van der Waals surface area contributed by atoms with Gasteiger partial charge < -0.3 is 108 Å². The number of amides is 6. The second kappa shape index (κ2) is 57.5. The Kier molecular flexibility index (Phi) is 50.8. The Balaban J connectivity index is 1.52. The van der Waals surface area contributed by atoms with Gasteiger partial charge in [-0.2, -0.15) is 0 Å². The molecule has 0 saturated carbocycles. The van der Waals surface area contributed by atoms with E-state index in [-0.39, 0.29) is 234 Å². The van der Waals surface area contributed by atoms with Crippen molar-refractivity contribution in [3.8, 4) is 0 Å². The van der Waals surface area contributed by atoms with Gasteiger partial charge in [-0.25, -0.2) is 0 Å². The minimum Gasteiger partial charge on any atom is -0.481 e. The van der Waals surface area contributed by atoms with E-state index in [1.54, 1.807) is 0 Å². The minimum absolute atomic E-state index is 0.0102. The largest absolute Gasteiger partial charge is 0.481 e. The van der Waals surface area contributed by atoms with E-state index in [1.165, 1.54) is 41.5 Å². The van der Waals surface area contributed by atoms with Gasteiger partial charge in [-0.3, -0.25) is 67.1 Å². The summed E-state index contributed by atoms with van der Waals surface area (Å²) in [5.74, 6) is -6.82. The summed E-state index contributed by atoms with van der Waals surface area (Å²) >= 11 is 0. The molecular formula is C79H132N6O30. The molecule has 0 spiro atoms. The Morgan fingerprint density at radius 1 is 0.313 bits per heavy atom. The number of Topliss-reactive ketones (excluding diaryl/α,β-unsaturated/α-hetero) is 1. The van der Waals surface area contributed by atoms with Crippen LogP contribution in [0.1, 0.15) is 212 Å². The van der Waals surface area contributed by atoms with Crippen LogP contribution < -0.4 is 31.9 Å². The fourth-order valence-electron chi connectivity index (χ4n) is 12.8. The van der Waals surface area contributed by atoms with Crippen LogP contribution in [0.2, 0.25) is 0 Å². The third-order valence-corrected chi connectivity index (χ3v) is 20.0. The van der Waals surface area contributed by atoms with E-state index in [9.17, 15) is 72.2 Å². The number of carbonyl (C=O) groups is 14. The predicted molar refractivity (Wildman–Crippen MR) is 409 cm³/mol. The van der Waals surface area contributed by atoms with Crippen LogP contribution in [-0.2, 0) is 138 Å². The molecule has 0 radical (unpaired) electrons. The molecule has 3 rings (SSSR count). The van der Waals surface area contributed by atoms with Crippen LogP contribution in [0.3, 0.4) is 0 Å². The average molecular weight is 1650 g/mol. The third-order valence-electron chi connectivity index (χ3n) is 20.0. The molecule has 0 aromatic heterocycles. The summed E-state index contributed by atoms with van der Waals surface area (Å²) in [6.07, 6.45) is -1.25. The zero-order valence-corrected chi connectivity index (χ0v) is 69.6. The number of aliphatic carboxylic acids is 1. The summed E-state index contributed by atoms with van der Waals surface area (Å²) in [7, 11) is 0. The number of unbranched alkanes of at least 4 members (excludes halogenated alkanes) is 4. The van der Waals surface area contributed by atoms with Crippen LogP contribution >= 0.6 is 0 Å². The number of hydrogen-bond donors (Lipinski definition) is 7. The maximum absolute atomic E-state index is 13.6. The van der Waals surface area contributed by atoms with Crippen LogP contribution in [0.5, 0.6) is 0 Å². The van der Waals surface area contributed by atoms with Gasteiger partial charge in [-0.1, -0.05) is 41.5 Å². The van der Waals surface area contributed by atoms with E-state index in [4.69, 9.17) is 71.1 Å². The van der Waals surface area contributed by atoms with Gasteiger partial charge in [-0.05, 0) is 88.4 Å². The Labute approximate surface area is 675 Å². The quantitative estimate of drug-likeness (QED) is 0.0251. The lowest BCUT2D eigenvalue weighted by atomic mass is 9.83. The Bertz CT molecular complexity index is 2710. The van der Waals surface area contributed by atoms with Crippen molar-refractivity contribution in [1.82, 2.24) is 31.9 Å². The van der Waals surface area contributed by atoms with Crippen LogP contribution in [0.4, 0.5) is 0 Å². The monoisotopic (exact) mass is 1640 g/mol. The van der Waals surface area contributed by atoms with Gasteiger partial charge in [0.05, 0.1) is 58.0 Å². The highest BCUT2D eigenvalue weighted by Gasteiger charge is 2.47. The SMILES string of the molecule is CC(=O)OCC1O[C@@H](OCCCCC(=O)CCCCNC(=O)CCOCC(COCCC(=O)NCCCNC(=O)CCCCO[C@@H]2OC(COC(C)=O)[C@@H](C)[C@H](C)C2OC(C)=O)(COCCC(=O)NCCCNC(=O)CCCCO[C@@H]2OC(COC(C)=O)[C@@H](C)[C@H](C)C2OC(C)=O)NC(=O)CCCC(=O)O)C(OC(C)=O)[C@@H](C)[C@@H]1C. The molecule has 6 amide bonds. The first-order valence-corrected chi connectivity index (χ1v) is 40.5. The minimum atomic E-state index is -1.49. The summed E-state index contributed by atoms with van der Waals surface area (Å²) in [5, 5.41) is 26.2. The first-order chi connectivity index (χ1) is 54.7. The Hall–Kier alpha value is -7.58. The van der Waals surface area contributed by atoms with Crippen LogP contribution in [-0.4, -0.2) is 261 Å². The van der Waals surface area contributed by atoms with Gasteiger partial charge in [-0.15, -0.1) is 0 Å². The molecule has 115 heavy (non-hydrogen) atoms. The fraction of sp³-hybridized carbons (Fsp3) is 0.823. The standard InChI is InChI=1S/C79H132N6O30/c1-50-53(4)73(110-59(10)89)76(113-63(50)44-107-56(7)86)104-38-18-14-25-62(92)24-13-17-33-80-68(95)30-41-101-47-79(85-71(98)28-21-29-72(99)100,48-102-42-31-69(96)83-36-22-34-81-66(93)26-15-19-39-105-77-74(111-60(11)90)54(5)51(2)64(114-77)45-108-57(8)87)49-103-43-32-70(97)84-37-23-35-82-67(94)27-16-20-40-106-78-75(112-61(12)91)55(6)52(3)65(115-78)46-109-58(9)88/h50-55,63-65,73-78H,13-49H2,1-12H3,(H,80,95)(H,81,93)(H,82,94)(H,83,96)(H,84,97)(H,85,98)(H,99,100)/t50-,51-,52-,53-,54-,55-,63?,64?,65?,73?,74?,75?,76+,77+,78+,79?/m0/s1. The highest BCUT2D eigenvalue weighted by Crippen LogP contribution is 2.37. The van der Waals surface area contributed by atoms with Crippen molar-refractivity contribution >= 4 is 83.0 Å². The van der Waals surface area contributed by atoms with E-state index in [1.807, 2.05) is 41.5 Å². The van der Waals surface area contributed by atoms with Gasteiger partial charge in [0, 0.05) is 170 Å². The second-order valence-electron chi connectivity index (χ2n) is 29.8. The zero-order chi connectivity index (χ0) is 85.3. The highest BCUT2D eigenvalue weighted by molar-refractivity contribution is 5.80. The molecule has 36 nitrogen and oxygen atoms in total. The van der Waals surface area contributed by atoms with Crippen molar-refractivity contribution in [2.75, 3.05) is 112 Å². The van der Waals surface area contributed by atoms with E-state index < -0.39 is 109 Å². The van der Waals surface area contributed by atoms with Gasteiger partial charge in [0.1, 0.15) is 31.1 Å². The lowest BCUT2D eigenvalue weighted by molar-refractivity contribution is -0.280. The van der Waals surface area contributed by atoms with Gasteiger partial charge in [0.2, 0.25) is 35.4 Å². The first kappa shape index (κ1) is 102. The van der Waals surface area contributed by atoms with Gasteiger partial charge >= 0.3 is 41.8 Å². The molecule has 3 aliphatic heterocycles. The first-order valence-electron chi connectivity index (χ1n) is 40.5. The smallest absolute Gasteiger partial charge is 0.303 e. The molecule has 3 heterocycles. The molecule has 0 aliphatic carbocycles. The number of ketones is 1. The number of esters is 6. The molecule has 3 saturated heterocycles. The molecule has 658 valence electrons. The summed E-state index contributed by atoms with van der Waals surface area (Å²) < 4.78 is 86.5. The number of carboxylic acids is 1. The molecular weight excluding hydrogens is 1510 g/mol. The topological polar surface area (TPSA) is 470 Å². The number of rotatable bonds is 60. The molecule has 15 atom stereocenters. The lowest BCUT2D eigenvalue weighted by Crippen LogP contribution is -2.58. The normalized spacial score (nSPS) is 23.6. The Morgan fingerprint density at radius 2 is 0.600 bits per heavy atom. The molecule has 6 unspecified atom stereocenters.